The molecular formula is C19H24N4O2. The normalized spacial score (nSPS) is 17.5. The predicted octanol–water partition coefficient (Wildman–Crippen LogP) is 1.97. The highest BCUT2D eigenvalue weighted by molar-refractivity contribution is 5.77. The van der Waals surface area contributed by atoms with E-state index in [1.807, 2.05) is 30.2 Å². The van der Waals surface area contributed by atoms with E-state index in [9.17, 15) is 4.79 Å². The Morgan fingerprint density at radius 3 is 2.96 bits per heavy atom. The van der Waals surface area contributed by atoms with Crippen molar-refractivity contribution in [3.05, 3.63) is 53.9 Å². The van der Waals surface area contributed by atoms with E-state index in [1.54, 1.807) is 18.6 Å². The Labute approximate surface area is 148 Å². The molecular weight excluding hydrogens is 316 g/mol. The maximum atomic E-state index is 12.7. The lowest BCUT2D eigenvalue weighted by atomic mass is 10.0. The molecule has 25 heavy (non-hydrogen) atoms. The fraction of sp³-hybridized carbons (Fsp3) is 0.474. The van der Waals surface area contributed by atoms with Crippen molar-refractivity contribution in [2.24, 2.45) is 0 Å². The van der Waals surface area contributed by atoms with Gasteiger partial charge in [0.1, 0.15) is 0 Å². The fourth-order valence-electron chi connectivity index (χ4n) is 3.15. The summed E-state index contributed by atoms with van der Waals surface area (Å²) in [4.78, 5) is 27.4. The van der Waals surface area contributed by atoms with Crippen LogP contribution in [0.1, 0.15) is 29.8 Å². The molecule has 6 nitrogen and oxygen atoms in total. The number of aromatic nitrogens is 3. The van der Waals surface area contributed by atoms with E-state index >= 15 is 0 Å². The average Bonchev–Trinajstić information content (AvgIpc) is 2.66. The Bertz CT molecular complexity index is 693. The largest absolute Gasteiger partial charge is 0.377 e. The van der Waals surface area contributed by atoms with E-state index in [-0.39, 0.29) is 11.9 Å². The van der Waals surface area contributed by atoms with E-state index in [0.717, 1.165) is 36.2 Å². The van der Waals surface area contributed by atoms with Gasteiger partial charge in [-0.15, -0.1) is 0 Å². The molecule has 0 N–H and O–H groups in total. The van der Waals surface area contributed by atoms with Crippen LogP contribution < -0.4 is 0 Å². The Balaban J connectivity index is 1.56. The molecule has 3 rings (SSSR count). The Kier molecular flexibility index (Phi) is 6.06. The van der Waals surface area contributed by atoms with Crippen molar-refractivity contribution in [1.29, 1.82) is 0 Å². The first-order chi connectivity index (χ1) is 12.2. The smallest absolute Gasteiger partial charge is 0.223 e. The molecule has 2 aromatic heterocycles. The maximum Gasteiger partial charge on any atom is 0.223 e. The lowest BCUT2D eigenvalue weighted by Gasteiger charge is -2.36. The highest BCUT2D eigenvalue weighted by Crippen LogP contribution is 2.16. The molecule has 1 fully saturated rings. The number of carbonyl (C=O) groups is 1. The second kappa shape index (κ2) is 8.67. The van der Waals surface area contributed by atoms with Crippen LogP contribution in [0.25, 0.3) is 0 Å². The summed E-state index contributed by atoms with van der Waals surface area (Å²) < 4.78 is 5.60. The zero-order valence-electron chi connectivity index (χ0n) is 14.6. The number of amides is 1. The van der Waals surface area contributed by atoms with E-state index in [0.29, 0.717) is 26.2 Å². The van der Waals surface area contributed by atoms with Crippen LogP contribution in [-0.4, -0.2) is 51.6 Å². The van der Waals surface area contributed by atoms with E-state index in [4.69, 9.17) is 4.74 Å². The molecule has 3 heterocycles. The van der Waals surface area contributed by atoms with E-state index in [2.05, 4.69) is 15.0 Å². The van der Waals surface area contributed by atoms with Crippen LogP contribution in [0.2, 0.25) is 0 Å². The first kappa shape index (κ1) is 17.5. The van der Waals surface area contributed by atoms with Crippen molar-refractivity contribution in [2.75, 3.05) is 19.8 Å². The van der Waals surface area contributed by atoms with Gasteiger partial charge in [-0.1, -0.05) is 6.07 Å². The molecule has 6 heteroatoms. The number of carbonyl (C=O) groups excluding carboxylic acids is 1. The van der Waals surface area contributed by atoms with Crippen LogP contribution in [0.5, 0.6) is 0 Å². The van der Waals surface area contributed by atoms with Crippen molar-refractivity contribution >= 4 is 5.91 Å². The highest BCUT2D eigenvalue weighted by Gasteiger charge is 2.27. The van der Waals surface area contributed by atoms with Crippen LogP contribution in [0.3, 0.4) is 0 Å². The SMILES string of the molecule is Cc1nccnc1CC[C@@H]1COCCN1C(=O)CCc1cccnc1. The average molecular weight is 340 g/mol. The monoisotopic (exact) mass is 340 g/mol. The zero-order valence-corrected chi connectivity index (χ0v) is 14.6. The number of aryl methyl sites for hydroxylation is 3. The Morgan fingerprint density at radius 2 is 2.16 bits per heavy atom. The number of ether oxygens (including phenoxy) is 1. The Hall–Kier alpha value is -2.34. The molecule has 1 aliphatic heterocycles. The third-order valence-corrected chi connectivity index (χ3v) is 4.60. The predicted molar refractivity (Wildman–Crippen MR) is 94.0 cm³/mol. The fourth-order valence-corrected chi connectivity index (χ4v) is 3.15. The molecule has 0 unspecified atom stereocenters. The summed E-state index contributed by atoms with van der Waals surface area (Å²) in [5.74, 6) is 0.188. The summed E-state index contributed by atoms with van der Waals surface area (Å²) >= 11 is 0. The van der Waals surface area contributed by atoms with Crippen molar-refractivity contribution < 1.29 is 9.53 Å². The minimum Gasteiger partial charge on any atom is -0.377 e. The summed E-state index contributed by atoms with van der Waals surface area (Å²) in [5, 5.41) is 0. The molecule has 2 aromatic rings. The van der Waals surface area contributed by atoms with Gasteiger partial charge in [0.05, 0.1) is 30.6 Å². The van der Waals surface area contributed by atoms with Gasteiger partial charge in [0.25, 0.3) is 0 Å². The first-order valence-electron chi connectivity index (χ1n) is 8.76. The number of pyridine rings is 1. The maximum absolute atomic E-state index is 12.7. The summed E-state index contributed by atoms with van der Waals surface area (Å²) in [5.41, 5.74) is 3.04. The lowest BCUT2D eigenvalue weighted by Crippen LogP contribution is -2.49. The summed E-state index contributed by atoms with van der Waals surface area (Å²) in [7, 11) is 0. The highest BCUT2D eigenvalue weighted by atomic mass is 16.5. The minimum atomic E-state index is 0.108. The number of nitrogens with zero attached hydrogens (tertiary/aromatic N) is 4. The topological polar surface area (TPSA) is 68.2 Å². The van der Waals surface area contributed by atoms with Gasteiger partial charge in [0.15, 0.2) is 0 Å². The van der Waals surface area contributed by atoms with E-state index < -0.39 is 0 Å². The van der Waals surface area contributed by atoms with Gasteiger partial charge < -0.3 is 9.64 Å². The molecule has 1 saturated heterocycles. The standard InChI is InChI=1S/C19H24N4O2/c1-15-18(22-10-9-21-15)6-5-17-14-25-12-11-23(17)19(24)7-4-16-3-2-8-20-13-16/h2-3,8-10,13,17H,4-7,11-12,14H2,1H3/t17-/m1/s1. The molecule has 1 atom stereocenters. The van der Waals surface area contributed by atoms with Crippen LogP contribution in [0, 0.1) is 6.92 Å². The van der Waals surface area contributed by atoms with Crippen LogP contribution in [0.15, 0.2) is 36.9 Å². The molecule has 0 bridgehead atoms. The molecule has 0 spiro atoms. The third kappa shape index (κ3) is 4.82. The summed E-state index contributed by atoms with van der Waals surface area (Å²) in [6, 6.07) is 4.02. The quantitative estimate of drug-likeness (QED) is 0.804. The Morgan fingerprint density at radius 1 is 1.28 bits per heavy atom. The number of rotatable bonds is 6. The van der Waals surface area contributed by atoms with Gasteiger partial charge in [-0.2, -0.15) is 0 Å². The van der Waals surface area contributed by atoms with Crippen molar-refractivity contribution in [1.82, 2.24) is 19.9 Å². The number of hydrogen-bond acceptors (Lipinski definition) is 5. The number of hydrogen-bond donors (Lipinski definition) is 0. The van der Waals surface area contributed by atoms with Crippen LogP contribution in [0.4, 0.5) is 0 Å². The minimum absolute atomic E-state index is 0.108. The molecule has 1 amide bonds. The van der Waals surface area contributed by atoms with Gasteiger partial charge >= 0.3 is 0 Å². The van der Waals surface area contributed by atoms with Crippen LogP contribution >= 0.6 is 0 Å². The van der Waals surface area contributed by atoms with Gasteiger partial charge in [0.2, 0.25) is 5.91 Å². The van der Waals surface area contributed by atoms with Gasteiger partial charge in [-0.05, 0) is 37.8 Å². The number of morpholine rings is 1. The molecule has 0 aliphatic carbocycles. The molecule has 0 aromatic carbocycles. The first-order valence-corrected chi connectivity index (χ1v) is 8.76. The second-order valence-electron chi connectivity index (χ2n) is 6.30. The molecule has 0 radical (unpaired) electrons. The summed E-state index contributed by atoms with van der Waals surface area (Å²) in [6.07, 6.45) is 9.87. The van der Waals surface area contributed by atoms with Gasteiger partial charge in [-0.25, -0.2) is 0 Å². The molecule has 132 valence electrons. The van der Waals surface area contributed by atoms with E-state index in [1.165, 1.54) is 0 Å². The van der Waals surface area contributed by atoms with Crippen molar-refractivity contribution in [3.8, 4) is 0 Å². The van der Waals surface area contributed by atoms with Crippen molar-refractivity contribution in [2.45, 2.75) is 38.6 Å². The van der Waals surface area contributed by atoms with Gasteiger partial charge in [0, 0.05) is 37.8 Å². The molecule has 0 saturated carbocycles. The van der Waals surface area contributed by atoms with Crippen molar-refractivity contribution in [3.63, 3.8) is 0 Å². The lowest BCUT2D eigenvalue weighted by molar-refractivity contribution is -0.140. The van der Waals surface area contributed by atoms with Gasteiger partial charge in [-0.3, -0.25) is 19.7 Å². The van der Waals surface area contributed by atoms with Crippen LogP contribution in [-0.2, 0) is 22.4 Å². The third-order valence-electron chi connectivity index (χ3n) is 4.60. The zero-order chi connectivity index (χ0) is 17.5. The molecule has 1 aliphatic rings. The summed E-state index contributed by atoms with van der Waals surface area (Å²) in [6.45, 7) is 3.84. The second-order valence-corrected chi connectivity index (χ2v) is 6.30.